The first-order chi connectivity index (χ1) is 18.5. The Morgan fingerprint density at radius 1 is 1.15 bits per heavy atom. The van der Waals surface area contributed by atoms with Gasteiger partial charge < -0.3 is 16.0 Å². The molecule has 4 aromatic rings. The maximum atomic E-state index is 14.2. The van der Waals surface area contributed by atoms with E-state index in [1.54, 1.807) is 13.0 Å². The number of aromatic nitrogens is 2. The number of hydrogen-bond donors (Lipinski definition) is 3. The summed E-state index contributed by atoms with van der Waals surface area (Å²) in [5.41, 5.74) is 9.23. The summed E-state index contributed by atoms with van der Waals surface area (Å²) in [4.78, 5) is 41.7. The van der Waals surface area contributed by atoms with Gasteiger partial charge >= 0.3 is 0 Å². The second-order valence-electron chi connectivity index (χ2n) is 9.02. The van der Waals surface area contributed by atoms with Gasteiger partial charge in [-0.25, -0.2) is 19.4 Å². The second kappa shape index (κ2) is 11.8. The van der Waals surface area contributed by atoms with Gasteiger partial charge in [-0.3, -0.25) is 9.59 Å². The highest BCUT2D eigenvalue weighted by atomic mass is 35.5. The number of fused-ring (bicyclic) bond motifs is 1. The predicted molar refractivity (Wildman–Crippen MR) is 154 cm³/mol. The number of nitrogens with one attached hydrogen (secondary N) is 2. The van der Waals surface area contributed by atoms with Crippen molar-refractivity contribution in [3.05, 3.63) is 103 Å². The lowest BCUT2D eigenvalue weighted by Gasteiger charge is -2.19. The first-order valence-electron chi connectivity index (χ1n) is 11.9. The van der Waals surface area contributed by atoms with Gasteiger partial charge in [-0.05, 0) is 73.9 Å². The molecule has 1 aromatic heterocycles. The van der Waals surface area contributed by atoms with E-state index in [0.29, 0.717) is 28.1 Å². The van der Waals surface area contributed by atoms with Crippen molar-refractivity contribution in [3.63, 3.8) is 0 Å². The van der Waals surface area contributed by atoms with Crippen LogP contribution in [0.15, 0.2) is 63.3 Å². The van der Waals surface area contributed by atoms with E-state index in [0.717, 1.165) is 11.1 Å². The zero-order valence-electron chi connectivity index (χ0n) is 21.3. The van der Waals surface area contributed by atoms with Gasteiger partial charge in [0.05, 0.1) is 38.2 Å². The van der Waals surface area contributed by atoms with Crippen LogP contribution in [0.5, 0.6) is 0 Å². The van der Waals surface area contributed by atoms with Crippen LogP contribution in [0.3, 0.4) is 0 Å². The fourth-order valence-corrected chi connectivity index (χ4v) is 4.66. The summed E-state index contributed by atoms with van der Waals surface area (Å²) in [7, 11) is 0. The molecule has 200 valence electrons. The molecule has 0 fully saturated rings. The Balaban J connectivity index is 1.68. The number of amides is 1. The van der Waals surface area contributed by atoms with Crippen molar-refractivity contribution >= 4 is 58.0 Å². The number of nitrogens with two attached hydrogens (primary N) is 1. The molecule has 0 aliphatic heterocycles. The van der Waals surface area contributed by atoms with Crippen molar-refractivity contribution in [2.45, 2.75) is 26.7 Å². The summed E-state index contributed by atoms with van der Waals surface area (Å²) in [5.74, 6) is -1.51. The SMILES string of the molecule is CC(N)=NC=Nc1cc(Cl)c(C(=O)NCC(c2cccc(F)c2)c2nc3cc(C)c(C)cc3[nH]c2=O)c(Cl)c1. The Morgan fingerprint density at radius 2 is 1.85 bits per heavy atom. The number of aromatic amines is 1. The molecule has 0 saturated heterocycles. The van der Waals surface area contributed by atoms with Gasteiger partial charge in [0, 0.05) is 12.5 Å². The van der Waals surface area contributed by atoms with Crippen LogP contribution in [0.25, 0.3) is 11.0 Å². The molecule has 3 aromatic carbocycles. The van der Waals surface area contributed by atoms with Crippen LogP contribution in [0.4, 0.5) is 10.1 Å². The summed E-state index contributed by atoms with van der Waals surface area (Å²) < 4.78 is 14.2. The molecule has 4 N–H and O–H groups in total. The number of nitrogens with zero attached hydrogens (tertiary/aromatic N) is 3. The highest BCUT2D eigenvalue weighted by Crippen LogP contribution is 2.31. The van der Waals surface area contributed by atoms with Gasteiger partial charge in [0.15, 0.2) is 0 Å². The van der Waals surface area contributed by atoms with E-state index in [1.165, 1.54) is 36.7 Å². The van der Waals surface area contributed by atoms with Crippen LogP contribution < -0.4 is 16.6 Å². The molecule has 0 saturated carbocycles. The Labute approximate surface area is 233 Å². The largest absolute Gasteiger partial charge is 0.387 e. The van der Waals surface area contributed by atoms with E-state index in [-0.39, 0.29) is 27.8 Å². The van der Waals surface area contributed by atoms with Crippen LogP contribution in [-0.2, 0) is 0 Å². The molecular formula is C28H25Cl2FN6O2. The third kappa shape index (κ3) is 6.50. The van der Waals surface area contributed by atoms with E-state index in [4.69, 9.17) is 28.9 Å². The molecule has 0 spiro atoms. The van der Waals surface area contributed by atoms with Crippen molar-refractivity contribution in [1.82, 2.24) is 15.3 Å². The molecule has 0 aliphatic rings. The minimum atomic E-state index is -0.766. The van der Waals surface area contributed by atoms with Gasteiger partial charge in [0.2, 0.25) is 0 Å². The van der Waals surface area contributed by atoms with Crippen molar-refractivity contribution in [1.29, 1.82) is 0 Å². The maximum Gasteiger partial charge on any atom is 0.270 e. The zero-order valence-corrected chi connectivity index (χ0v) is 22.9. The summed E-state index contributed by atoms with van der Waals surface area (Å²) in [6.07, 6.45) is 1.25. The number of halogens is 3. The maximum absolute atomic E-state index is 14.2. The molecule has 0 aliphatic carbocycles. The third-order valence-electron chi connectivity index (χ3n) is 6.10. The monoisotopic (exact) mass is 566 g/mol. The average Bonchev–Trinajstić information content (AvgIpc) is 2.85. The number of carbonyl (C=O) groups excluding carboxylic acids is 1. The van der Waals surface area contributed by atoms with Crippen LogP contribution in [0, 0.1) is 19.7 Å². The van der Waals surface area contributed by atoms with E-state index in [2.05, 4.69) is 25.3 Å². The molecule has 4 rings (SSSR count). The second-order valence-corrected chi connectivity index (χ2v) is 9.84. The minimum Gasteiger partial charge on any atom is -0.387 e. The fraction of sp³-hybridized carbons (Fsp3) is 0.179. The predicted octanol–water partition coefficient (Wildman–Crippen LogP) is 5.58. The molecule has 1 atom stereocenters. The number of aryl methyl sites for hydroxylation is 2. The summed E-state index contributed by atoms with van der Waals surface area (Å²) in [6.45, 7) is 5.42. The van der Waals surface area contributed by atoms with Crippen molar-refractivity contribution in [2.75, 3.05) is 6.54 Å². The summed E-state index contributed by atoms with van der Waals surface area (Å²) >= 11 is 12.7. The number of amidine groups is 1. The third-order valence-corrected chi connectivity index (χ3v) is 6.70. The van der Waals surface area contributed by atoms with Crippen LogP contribution >= 0.6 is 23.2 Å². The van der Waals surface area contributed by atoms with Gasteiger partial charge in [0.25, 0.3) is 11.5 Å². The van der Waals surface area contributed by atoms with Gasteiger partial charge in [0.1, 0.15) is 17.8 Å². The van der Waals surface area contributed by atoms with Crippen molar-refractivity contribution < 1.29 is 9.18 Å². The lowest BCUT2D eigenvalue weighted by atomic mass is 9.95. The Kier molecular flexibility index (Phi) is 8.42. The van der Waals surface area contributed by atoms with Crippen LogP contribution in [0.1, 0.15) is 45.6 Å². The van der Waals surface area contributed by atoms with E-state index in [1.807, 2.05) is 26.0 Å². The number of hydrogen-bond acceptors (Lipinski definition) is 4. The Bertz CT molecular complexity index is 1670. The van der Waals surface area contributed by atoms with Gasteiger partial charge in [-0.15, -0.1) is 0 Å². The number of carbonyl (C=O) groups is 1. The van der Waals surface area contributed by atoms with Crippen molar-refractivity contribution in [2.24, 2.45) is 15.7 Å². The zero-order chi connectivity index (χ0) is 28.3. The summed E-state index contributed by atoms with van der Waals surface area (Å²) in [6, 6.07) is 12.5. The number of benzene rings is 3. The van der Waals surface area contributed by atoms with E-state index >= 15 is 0 Å². The Hall–Kier alpha value is -4.08. The number of aliphatic imine (C=N–C) groups is 2. The van der Waals surface area contributed by atoms with Crippen LogP contribution in [0.2, 0.25) is 10.0 Å². The molecule has 11 heteroatoms. The number of rotatable bonds is 7. The molecule has 1 amide bonds. The van der Waals surface area contributed by atoms with E-state index in [9.17, 15) is 14.0 Å². The minimum absolute atomic E-state index is 0.0280. The standard InChI is InChI=1S/C28H25Cl2FN6O2/c1-14-7-23-24(8-15(14)2)37-28(39)26(36-23)20(17-5-4-6-18(31)9-17)12-33-27(38)25-21(29)10-19(11-22(25)30)35-13-34-16(3)32/h4-11,13,20H,12H2,1-3H3,(H,33,38)(H,37,39)(H2,32,34,35). The first-order valence-corrected chi connectivity index (χ1v) is 12.7. The Morgan fingerprint density at radius 3 is 2.51 bits per heavy atom. The van der Waals surface area contributed by atoms with Crippen molar-refractivity contribution in [3.8, 4) is 0 Å². The normalized spacial score (nSPS) is 12.7. The van der Waals surface area contributed by atoms with Crippen LogP contribution in [-0.4, -0.2) is 34.6 Å². The topological polar surface area (TPSA) is 126 Å². The molecular weight excluding hydrogens is 542 g/mol. The van der Waals surface area contributed by atoms with Gasteiger partial charge in [-0.2, -0.15) is 0 Å². The van der Waals surface area contributed by atoms with E-state index < -0.39 is 23.2 Å². The fourth-order valence-electron chi connectivity index (χ4n) is 4.01. The lowest BCUT2D eigenvalue weighted by Crippen LogP contribution is -2.32. The average molecular weight is 567 g/mol. The highest BCUT2D eigenvalue weighted by Gasteiger charge is 2.24. The first kappa shape index (κ1) is 27.9. The van der Waals surface area contributed by atoms with Gasteiger partial charge in [-0.1, -0.05) is 35.3 Å². The quantitative estimate of drug-likeness (QED) is 0.199. The molecule has 39 heavy (non-hydrogen) atoms. The summed E-state index contributed by atoms with van der Waals surface area (Å²) in [5, 5.41) is 2.90. The number of H-pyrrole nitrogens is 1. The molecule has 1 unspecified atom stereocenters. The molecule has 0 radical (unpaired) electrons. The molecule has 8 nitrogen and oxygen atoms in total. The highest BCUT2D eigenvalue weighted by molar-refractivity contribution is 6.40. The smallest absolute Gasteiger partial charge is 0.270 e. The lowest BCUT2D eigenvalue weighted by molar-refractivity contribution is 0.0952. The molecule has 1 heterocycles. The molecule has 0 bridgehead atoms.